The Kier molecular flexibility index (Phi) is 10.5. The van der Waals surface area contributed by atoms with Gasteiger partial charge in [-0.05, 0) is 49.5 Å². The Morgan fingerprint density at radius 2 is 1.86 bits per heavy atom. The standard InChI is InChI=1S/C27H35N5O2S/c1-28-14-13-25(22-10-6-5-7-11-22)34-20-21-9-8-12-24(17-21)31(2)15-16-32(3)26-23(19-33)18-29-27(30-26)35-4/h5-12,17-19,25,28H,13-16,20H2,1-4H3. The lowest BCUT2D eigenvalue weighted by Gasteiger charge is -2.25. The number of likely N-dealkylation sites (N-methyl/N-ethyl adjacent to an activating group) is 2. The van der Waals surface area contributed by atoms with Crippen molar-refractivity contribution in [2.75, 3.05) is 56.8 Å². The van der Waals surface area contributed by atoms with Gasteiger partial charge in [-0.15, -0.1) is 0 Å². The third-order valence-electron chi connectivity index (χ3n) is 5.85. The molecule has 0 aliphatic heterocycles. The van der Waals surface area contributed by atoms with Gasteiger partial charge in [-0.3, -0.25) is 4.79 Å². The topological polar surface area (TPSA) is 70.6 Å². The van der Waals surface area contributed by atoms with Crippen molar-refractivity contribution in [3.8, 4) is 0 Å². The molecule has 186 valence electrons. The van der Waals surface area contributed by atoms with Crippen LogP contribution in [0.1, 0.15) is 34.0 Å². The second-order valence-electron chi connectivity index (χ2n) is 8.37. The summed E-state index contributed by atoms with van der Waals surface area (Å²) in [5.41, 5.74) is 3.95. The van der Waals surface area contributed by atoms with Gasteiger partial charge in [0.15, 0.2) is 11.4 Å². The average molecular weight is 494 g/mol. The molecule has 3 aromatic rings. The lowest BCUT2D eigenvalue weighted by atomic mass is 10.1. The van der Waals surface area contributed by atoms with Crippen LogP contribution in [0.25, 0.3) is 0 Å². The maximum absolute atomic E-state index is 11.4. The van der Waals surface area contributed by atoms with E-state index in [0.29, 0.717) is 29.7 Å². The van der Waals surface area contributed by atoms with E-state index in [1.54, 1.807) is 6.20 Å². The first-order chi connectivity index (χ1) is 17.0. The van der Waals surface area contributed by atoms with Gasteiger partial charge < -0.3 is 19.9 Å². The maximum Gasteiger partial charge on any atom is 0.189 e. The Morgan fingerprint density at radius 1 is 1.09 bits per heavy atom. The number of nitrogens with one attached hydrogen (secondary N) is 1. The second kappa shape index (κ2) is 13.8. The molecule has 1 atom stereocenters. The Hall–Kier alpha value is -2.94. The van der Waals surface area contributed by atoms with Crippen molar-refractivity contribution in [1.82, 2.24) is 15.3 Å². The Balaban J connectivity index is 1.61. The number of ether oxygens (including phenoxy) is 1. The molecule has 0 saturated carbocycles. The monoisotopic (exact) mass is 493 g/mol. The smallest absolute Gasteiger partial charge is 0.189 e. The molecule has 35 heavy (non-hydrogen) atoms. The molecule has 1 N–H and O–H groups in total. The number of carbonyl (C=O) groups is 1. The molecule has 8 heteroatoms. The highest BCUT2D eigenvalue weighted by atomic mass is 32.2. The van der Waals surface area contributed by atoms with Gasteiger partial charge >= 0.3 is 0 Å². The number of carbonyl (C=O) groups excluding carboxylic acids is 1. The van der Waals surface area contributed by atoms with E-state index in [1.165, 1.54) is 17.3 Å². The van der Waals surface area contributed by atoms with Gasteiger partial charge in [-0.2, -0.15) is 0 Å². The lowest BCUT2D eigenvalue weighted by molar-refractivity contribution is 0.0344. The number of aromatic nitrogens is 2. The Bertz CT molecular complexity index is 1070. The maximum atomic E-state index is 11.4. The lowest BCUT2D eigenvalue weighted by Crippen LogP contribution is -2.32. The van der Waals surface area contributed by atoms with E-state index in [-0.39, 0.29) is 6.10 Å². The van der Waals surface area contributed by atoms with Gasteiger partial charge in [0, 0.05) is 39.1 Å². The summed E-state index contributed by atoms with van der Waals surface area (Å²) in [6, 6.07) is 18.8. The third-order valence-corrected chi connectivity index (χ3v) is 6.41. The van der Waals surface area contributed by atoms with Gasteiger partial charge in [0.25, 0.3) is 0 Å². The van der Waals surface area contributed by atoms with E-state index in [0.717, 1.165) is 37.0 Å². The highest BCUT2D eigenvalue weighted by Crippen LogP contribution is 2.24. The SMILES string of the molecule is CNCCC(OCc1cccc(N(C)CCN(C)c2nc(SC)ncc2C=O)c1)c1ccccc1. The normalized spacial score (nSPS) is 11.8. The molecule has 1 heterocycles. The number of thioether (sulfide) groups is 1. The Labute approximate surface area is 212 Å². The van der Waals surface area contributed by atoms with Crippen LogP contribution < -0.4 is 15.1 Å². The van der Waals surface area contributed by atoms with E-state index < -0.39 is 0 Å². The van der Waals surface area contributed by atoms with Crippen molar-refractivity contribution in [2.45, 2.75) is 24.3 Å². The van der Waals surface area contributed by atoms with Gasteiger partial charge in [0.05, 0.1) is 18.3 Å². The van der Waals surface area contributed by atoms with Gasteiger partial charge in [-0.25, -0.2) is 9.97 Å². The summed E-state index contributed by atoms with van der Waals surface area (Å²) in [6.07, 6.45) is 5.28. The number of nitrogens with zero attached hydrogens (tertiary/aromatic N) is 4. The predicted molar refractivity (Wildman–Crippen MR) is 145 cm³/mol. The summed E-state index contributed by atoms with van der Waals surface area (Å²) in [5.74, 6) is 0.656. The Morgan fingerprint density at radius 3 is 2.57 bits per heavy atom. The fraction of sp³-hybridized carbons (Fsp3) is 0.370. The molecule has 0 amide bonds. The number of anilines is 2. The van der Waals surface area contributed by atoms with Crippen molar-refractivity contribution in [1.29, 1.82) is 0 Å². The first-order valence-corrected chi connectivity index (χ1v) is 13.0. The van der Waals surface area contributed by atoms with Gasteiger partial charge in [-0.1, -0.05) is 54.2 Å². The summed E-state index contributed by atoms with van der Waals surface area (Å²) < 4.78 is 6.34. The van der Waals surface area contributed by atoms with Crippen molar-refractivity contribution >= 4 is 29.6 Å². The minimum Gasteiger partial charge on any atom is -0.373 e. The van der Waals surface area contributed by atoms with Crippen LogP contribution in [0.3, 0.4) is 0 Å². The van der Waals surface area contributed by atoms with Crippen molar-refractivity contribution in [3.05, 3.63) is 77.5 Å². The number of benzene rings is 2. The molecule has 1 aromatic heterocycles. The number of aldehydes is 1. The van der Waals surface area contributed by atoms with Crippen molar-refractivity contribution in [2.24, 2.45) is 0 Å². The molecule has 1 unspecified atom stereocenters. The van der Waals surface area contributed by atoms with E-state index in [9.17, 15) is 4.79 Å². The van der Waals surface area contributed by atoms with E-state index in [1.807, 2.05) is 31.3 Å². The zero-order valence-corrected chi connectivity index (χ0v) is 21.8. The van der Waals surface area contributed by atoms with Crippen LogP contribution in [-0.4, -0.2) is 63.3 Å². The minimum absolute atomic E-state index is 0.0461. The minimum atomic E-state index is 0.0461. The van der Waals surface area contributed by atoms with E-state index in [4.69, 9.17) is 4.74 Å². The van der Waals surface area contributed by atoms with Crippen molar-refractivity contribution in [3.63, 3.8) is 0 Å². The first kappa shape index (κ1) is 26.7. The number of rotatable bonds is 14. The van der Waals surface area contributed by atoms with Crippen molar-refractivity contribution < 1.29 is 9.53 Å². The largest absolute Gasteiger partial charge is 0.373 e. The summed E-state index contributed by atoms with van der Waals surface area (Å²) in [7, 11) is 5.98. The van der Waals surface area contributed by atoms with Gasteiger partial charge in [0.1, 0.15) is 5.82 Å². The highest BCUT2D eigenvalue weighted by molar-refractivity contribution is 7.98. The third kappa shape index (κ3) is 7.78. The fourth-order valence-electron chi connectivity index (χ4n) is 3.76. The summed E-state index contributed by atoms with van der Waals surface area (Å²) in [4.78, 5) is 24.4. The predicted octanol–water partition coefficient (Wildman–Crippen LogP) is 4.45. The zero-order chi connectivity index (χ0) is 25.0. The highest BCUT2D eigenvalue weighted by Gasteiger charge is 2.14. The molecule has 0 aliphatic rings. The molecule has 3 rings (SSSR count). The molecule has 0 aliphatic carbocycles. The summed E-state index contributed by atoms with van der Waals surface area (Å²) in [5, 5.41) is 3.87. The molecule has 0 saturated heterocycles. The van der Waals surface area contributed by atoms with Crippen LogP contribution in [0.15, 0.2) is 66.0 Å². The first-order valence-electron chi connectivity index (χ1n) is 11.7. The van der Waals surface area contributed by atoms with Crippen LogP contribution >= 0.6 is 11.8 Å². The molecule has 0 spiro atoms. The van der Waals surface area contributed by atoms with Gasteiger partial charge in [0.2, 0.25) is 0 Å². The van der Waals surface area contributed by atoms with Crippen LogP contribution in [0.2, 0.25) is 0 Å². The van der Waals surface area contributed by atoms with Crippen LogP contribution in [0.4, 0.5) is 11.5 Å². The summed E-state index contributed by atoms with van der Waals surface area (Å²) >= 11 is 1.46. The zero-order valence-electron chi connectivity index (χ0n) is 21.0. The van der Waals surface area contributed by atoms with Crippen LogP contribution in [-0.2, 0) is 11.3 Å². The summed E-state index contributed by atoms with van der Waals surface area (Å²) in [6.45, 7) is 2.92. The molecule has 0 fully saturated rings. The van der Waals surface area contributed by atoms with E-state index in [2.05, 4.69) is 75.8 Å². The fourth-order valence-corrected chi connectivity index (χ4v) is 4.09. The quantitative estimate of drug-likeness (QED) is 0.201. The number of hydrogen-bond acceptors (Lipinski definition) is 8. The number of hydrogen-bond donors (Lipinski definition) is 1. The second-order valence-corrected chi connectivity index (χ2v) is 9.14. The van der Waals surface area contributed by atoms with E-state index >= 15 is 0 Å². The molecular formula is C27H35N5O2S. The molecule has 0 radical (unpaired) electrons. The molecule has 0 bridgehead atoms. The average Bonchev–Trinajstić information content (AvgIpc) is 2.91. The molecular weight excluding hydrogens is 458 g/mol. The molecule has 7 nitrogen and oxygen atoms in total. The molecule has 2 aromatic carbocycles. The van der Waals surface area contributed by atoms with Crippen LogP contribution in [0.5, 0.6) is 0 Å². The van der Waals surface area contributed by atoms with Crippen LogP contribution in [0, 0.1) is 0 Å².